The summed E-state index contributed by atoms with van der Waals surface area (Å²) in [7, 11) is -2.88. The molecular weight excluding hydrogens is 228 g/mol. The first-order chi connectivity index (χ1) is 7.50. The average molecular weight is 242 g/mol. The van der Waals surface area contributed by atoms with Gasteiger partial charge in [0.2, 0.25) is 5.91 Å². The van der Waals surface area contributed by atoms with Gasteiger partial charge in [-0.25, -0.2) is 8.42 Å². The summed E-state index contributed by atoms with van der Waals surface area (Å²) in [6.45, 7) is 0.960. The zero-order valence-corrected chi connectivity index (χ0v) is 9.74. The normalized spacial score (nSPS) is 32.9. The Labute approximate surface area is 95.0 Å². The van der Waals surface area contributed by atoms with E-state index < -0.39 is 9.84 Å². The van der Waals surface area contributed by atoms with Gasteiger partial charge in [-0.05, 0) is 12.3 Å². The minimum absolute atomic E-state index is 0.0177. The molecule has 5 nitrogen and oxygen atoms in total. The fourth-order valence-electron chi connectivity index (χ4n) is 2.36. The number of nitrogens with zero attached hydrogens (tertiary/aromatic N) is 2. The second-order valence-corrected chi connectivity index (χ2v) is 6.83. The van der Waals surface area contributed by atoms with Gasteiger partial charge in [-0.1, -0.05) is 0 Å². The molecule has 2 aliphatic rings. The first-order valence-electron chi connectivity index (χ1n) is 5.38. The Morgan fingerprint density at radius 1 is 1.50 bits per heavy atom. The molecule has 0 N–H and O–H groups in total. The number of carbonyl (C=O) groups excluding carboxylic acids is 1. The molecule has 88 valence electrons. The van der Waals surface area contributed by atoms with Gasteiger partial charge in [0.1, 0.15) is 0 Å². The summed E-state index contributed by atoms with van der Waals surface area (Å²) in [5.74, 6) is 0.253. The standard InChI is InChI=1S/C10H14N2O3S/c11-4-9-3-10(13)12(6-9)5-8-1-2-16(14,15)7-8/h8-9H,1-3,5-7H2. The SMILES string of the molecule is N#CC1CC(=O)N(CC2CCS(=O)(=O)C2)C1. The quantitative estimate of drug-likeness (QED) is 0.671. The summed E-state index contributed by atoms with van der Waals surface area (Å²) in [6, 6.07) is 2.08. The number of rotatable bonds is 2. The van der Waals surface area contributed by atoms with E-state index in [1.165, 1.54) is 0 Å². The number of carbonyl (C=O) groups is 1. The maximum Gasteiger partial charge on any atom is 0.224 e. The zero-order valence-electron chi connectivity index (χ0n) is 8.92. The van der Waals surface area contributed by atoms with E-state index in [0.717, 1.165) is 0 Å². The van der Waals surface area contributed by atoms with Crippen molar-refractivity contribution in [3.05, 3.63) is 0 Å². The molecule has 6 heteroatoms. The van der Waals surface area contributed by atoms with Crippen molar-refractivity contribution in [3.63, 3.8) is 0 Å². The maximum atomic E-state index is 11.5. The van der Waals surface area contributed by atoms with E-state index in [4.69, 9.17) is 5.26 Å². The van der Waals surface area contributed by atoms with Crippen molar-refractivity contribution < 1.29 is 13.2 Å². The van der Waals surface area contributed by atoms with Gasteiger partial charge in [0, 0.05) is 19.5 Å². The maximum absolute atomic E-state index is 11.5. The molecule has 0 aliphatic carbocycles. The van der Waals surface area contributed by atoms with E-state index in [0.29, 0.717) is 19.5 Å². The third-order valence-corrected chi connectivity index (χ3v) is 5.04. The van der Waals surface area contributed by atoms with Gasteiger partial charge in [0.25, 0.3) is 0 Å². The molecule has 0 aromatic rings. The minimum Gasteiger partial charge on any atom is -0.341 e. The average Bonchev–Trinajstić information content (AvgIpc) is 2.71. The van der Waals surface area contributed by atoms with Crippen molar-refractivity contribution >= 4 is 15.7 Å². The van der Waals surface area contributed by atoms with E-state index in [1.807, 2.05) is 0 Å². The Morgan fingerprint density at radius 3 is 2.75 bits per heavy atom. The van der Waals surface area contributed by atoms with Gasteiger partial charge in [0.15, 0.2) is 9.84 Å². The molecule has 2 heterocycles. The van der Waals surface area contributed by atoms with Crippen molar-refractivity contribution in [2.45, 2.75) is 12.8 Å². The van der Waals surface area contributed by atoms with Crippen molar-refractivity contribution in [3.8, 4) is 6.07 Å². The van der Waals surface area contributed by atoms with Gasteiger partial charge in [-0.15, -0.1) is 0 Å². The molecule has 2 aliphatic heterocycles. The van der Waals surface area contributed by atoms with E-state index in [1.54, 1.807) is 4.90 Å². The van der Waals surface area contributed by atoms with Gasteiger partial charge in [-0.2, -0.15) is 5.26 Å². The predicted molar refractivity (Wildman–Crippen MR) is 57.1 cm³/mol. The lowest BCUT2D eigenvalue weighted by Gasteiger charge is -2.19. The highest BCUT2D eigenvalue weighted by Crippen LogP contribution is 2.23. The molecule has 0 spiro atoms. The van der Waals surface area contributed by atoms with Crippen LogP contribution in [0.3, 0.4) is 0 Å². The van der Waals surface area contributed by atoms with Crippen LogP contribution in [0.4, 0.5) is 0 Å². The first-order valence-corrected chi connectivity index (χ1v) is 7.20. The van der Waals surface area contributed by atoms with Crippen LogP contribution in [0.5, 0.6) is 0 Å². The molecular formula is C10H14N2O3S. The number of amides is 1. The summed E-state index contributed by atoms with van der Waals surface area (Å²) in [4.78, 5) is 13.2. The number of hydrogen-bond acceptors (Lipinski definition) is 4. The Kier molecular flexibility index (Phi) is 2.89. The van der Waals surface area contributed by atoms with E-state index >= 15 is 0 Å². The van der Waals surface area contributed by atoms with Crippen LogP contribution < -0.4 is 0 Å². The number of nitriles is 1. The molecule has 0 saturated carbocycles. The van der Waals surface area contributed by atoms with Crippen LogP contribution in [0, 0.1) is 23.2 Å². The minimum atomic E-state index is -2.88. The number of sulfone groups is 1. The smallest absolute Gasteiger partial charge is 0.224 e. The van der Waals surface area contributed by atoms with Crippen LogP contribution >= 0.6 is 0 Å². The molecule has 0 bridgehead atoms. The van der Waals surface area contributed by atoms with Crippen molar-refractivity contribution in [2.24, 2.45) is 11.8 Å². The van der Waals surface area contributed by atoms with Crippen molar-refractivity contribution in [2.75, 3.05) is 24.6 Å². The monoisotopic (exact) mass is 242 g/mol. The van der Waals surface area contributed by atoms with E-state index in [-0.39, 0.29) is 35.7 Å². The largest absolute Gasteiger partial charge is 0.341 e. The third-order valence-electron chi connectivity index (χ3n) is 3.20. The zero-order chi connectivity index (χ0) is 11.8. The van der Waals surface area contributed by atoms with Crippen LogP contribution in [0.2, 0.25) is 0 Å². The topological polar surface area (TPSA) is 78.2 Å². The van der Waals surface area contributed by atoms with Crippen LogP contribution in [0.15, 0.2) is 0 Å². The van der Waals surface area contributed by atoms with Crippen LogP contribution in [-0.2, 0) is 14.6 Å². The predicted octanol–water partition coefficient (Wildman–Crippen LogP) is -0.207. The van der Waals surface area contributed by atoms with E-state index in [2.05, 4.69) is 6.07 Å². The van der Waals surface area contributed by atoms with Crippen LogP contribution in [0.1, 0.15) is 12.8 Å². The Balaban J connectivity index is 1.92. The molecule has 16 heavy (non-hydrogen) atoms. The number of likely N-dealkylation sites (tertiary alicyclic amines) is 1. The molecule has 2 fully saturated rings. The summed E-state index contributed by atoms with van der Waals surface area (Å²) < 4.78 is 22.5. The second-order valence-electron chi connectivity index (χ2n) is 4.60. The Hall–Kier alpha value is -1.09. The molecule has 0 aromatic heterocycles. The molecule has 2 unspecified atom stereocenters. The highest BCUT2D eigenvalue weighted by Gasteiger charge is 2.34. The van der Waals surface area contributed by atoms with E-state index in [9.17, 15) is 13.2 Å². The summed E-state index contributed by atoms with van der Waals surface area (Å²) in [5.41, 5.74) is 0. The molecule has 2 rings (SSSR count). The van der Waals surface area contributed by atoms with Gasteiger partial charge in [0.05, 0.1) is 23.5 Å². The Bertz CT molecular complexity index is 437. The van der Waals surface area contributed by atoms with Crippen molar-refractivity contribution in [1.29, 1.82) is 5.26 Å². The summed E-state index contributed by atoms with van der Waals surface area (Å²) >= 11 is 0. The second kappa shape index (κ2) is 4.06. The lowest BCUT2D eigenvalue weighted by molar-refractivity contribution is -0.128. The Morgan fingerprint density at radius 2 is 2.25 bits per heavy atom. The summed E-state index contributed by atoms with van der Waals surface area (Å²) in [5, 5.41) is 8.72. The van der Waals surface area contributed by atoms with Gasteiger partial charge in [-0.3, -0.25) is 4.79 Å². The molecule has 0 aromatic carbocycles. The van der Waals surface area contributed by atoms with Crippen LogP contribution in [0.25, 0.3) is 0 Å². The molecule has 2 atom stereocenters. The lowest BCUT2D eigenvalue weighted by atomic mass is 10.1. The highest BCUT2D eigenvalue weighted by molar-refractivity contribution is 7.91. The lowest BCUT2D eigenvalue weighted by Crippen LogP contribution is -2.31. The highest BCUT2D eigenvalue weighted by atomic mass is 32.2. The van der Waals surface area contributed by atoms with Gasteiger partial charge < -0.3 is 4.90 Å². The molecule has 1 amide bonds. The summed E-state index contributed by atoms with van der Waals surface area (Å²) in [6.07, 6.45) is 0.930. The van der Waals surface area contributed by atoms with Crippen molar-refractivity contribution in [1.82, 2.24) is 4.90 Å². The fraction of sp³-hybridized carbons (Fsp3) is 0.800. The van der Waals surface area contributed by atoms with Gasteiger partial charge >= 0.3 is 0 Å². The number of hydrogen-bond donors (Lipinski definition) is 0. The van der Waals surface area contributed by atoms with Crippen LogP contribution in [-0.4, -0.2) is 43.8 Å². The molecule has 2 saturated heterocycles. The third kappa shape index (κ3) is 2.35. The fourth-order valence-corrected chi connectivity index (χ4v) is 4.21. The molecule has 0 radical (unpaired) electrons. The first kappa shape index (κ1) is 11.4.